The van der Waals surface area contributed by atoms with E-state index in [0.29, 0.717) is 23.7 Å². The van der Waals surface area contributed by atoms with Crippen molar-refractivity contribution >= 4 is 5.91 Å². The molecule has 1 saturated carbocycles. The number of benzene rings is 2. The molecule has 1 amide bonds. The van der Waals surface area contributed by atoms with Gasteiger partial charge in [-0.25, -0.2) is 0 Å². The van der Waals surface area contributed by atoms with Gasteiger partial charge < -0.3 is 5.32 Å². The van der Waals surface area contributed by atoms with Gasteiger partial charge in [0.15, 0.2) is 0 Å². The highest BCUT2D eigenvalue weighted by molar-refractivity contribution is 5.80. The van der Waals surface area contributed by atoms with Crippen LogP contribution in [-0.2, 0) is 4.79 Å². The Morgan fingerprint density at radius 2 is 1.48 bits per heavy atom. The normalized spacial score (nSPS) is 27.2. The largest absolute Gasteiger partial charge is 0.356 e. The van der Waals surface area contributed by atoms with Crippen LogP contribution in [0.2, 0.25) is 0 Å². The molecule has 1 unspecified atom stereocenters. The molecule has 6 rings (SSSR count). The van der Waals surface area contributed by atoms with E-state index < -0.39 is 0 Å². The Morgan fingerprint density at radius 3 is 2.04 bits per heavy atom. The summed E-state index contributed by atoms with van der Waals surface area (Å²) in [6, 6.07) is 17.8. The number of carbonyl (C=O) groups is 1. The average Bonchev–Trinajstić information content (AvgIpc) is 3.45. The molecule has 2 aromatic rings. The van der Waals surface area contributed by atoms with Crippen molar-refractivity contribution in [2.75, 3.05) is 6.54 Å². The first-order chi connectivity index (χ1) is 11.3. The third-order valence-electron chi connectivity index (χ3n) is 5.91. The Morgan fingerprint density at radius 1 is 0.913 bits per heavy atom. The third kappa shape index (κ3) is 2.04. The van der Waals surface area contributed by atoms with Crippen LogP contribution in [0.4, 0.5) is 0 Å². The standard InChI is InChI=1S/C21H21NO/c23-21(13-9-10-13)22-12-14-11-19-15-5-1-3-7-17(15)20(14)18-8-4-2-6-16(18)19/h1-8,13-14,19-20H,9-12H2,(H,22,23). The van der Waals surface area contributed by atoms with Crippen LogP contribution in [0.15, 0.2) is 48.5 Å². The molecule has 1 atom stereocenters. The molecule has 0 spiro atoms. The zero-order valence-corrected chi connectivity index (χ0v) is 13.2. The summed E-state index contributed by atoms with van der Waals surface area (Å²) in [5, 5.41) is 3.22. The van der Waals surface area contributed by atoms with Crippen LogP contribution in [0.3, 0.4) is 0 Å². The Labute approximate surface area is 136 Å². The lowest BCUT2D eigenvalue weighted by Crippen LogP contribution is -2.39. The van der Waals surface area contributed by atoms with E-state index in [0.717, 1.165) is 25.8 Å². The summed E-state index contributed by atoms with van der Waals surface area (Å²) in [6.45, 7) is 0.819. The Kier molecular flexibility index (Phi) is 2.88. The molecular formula is C21H21NO. The summed E-state index contributed by atoms with van der Waals surface area (Å²) < 4.78 is 0. The van der Waals surface area contributed by atoms with Crippen molar-refractivity contribution in [2.24, 2.45) is 11.8 Å². The van der Waals surface area contributed by atoms with E-state index in [1.54, 1.807) is 0 Å². The van der Waals surface area contributed by atoms with Crippen LogP contribution in [0.5, 0.6) is 0 Å². The van der Waals surface area contributed by atoms with Gasteiger partial charge in [0, 0.05) is 24.3 Å². The lowest BCUT2D eigenvalue weighted by Gasteiger charge is -2.45. The first-order valence-corrected chi connectivity index (χ1v) is 8.78. The molecule has 0 aliphatic heterocycles. The van der Waals surface area contributed by atoms with Crippen molar-refractivity contribution < 1.29 is 4.79 Å². The second-order valence-corrected chi connectivity index (χ2v) is 7.30. The van der Waals surface area contributed by atoms with E-state index in [4.69, 9.17) is 0 Å². The summed E-state index contributed by atoms with van der Waals surface area (Å²) >= 11 is 0. The van der Waals surface area contributed by atoms with Gasteiger partial charge in [-0.1, -0.05) is 48.5 Å². The molecule has 0 radical (unpaired) electrons. The van der Waals surface area contributed by atoms with Crippen molar-refractivity contribution in [1.29, 1.82) is 0 Å². The second kappa shape index (κ2) is 4.95. The second-order valence-electron chi connectivity index (χ2n) is 7.30. The van der Waals surface area contributed by atoms with Gasteiger partial charge >= 0.3 is 0 Å². The Balaban J connectivity index is 1.50. The highest BCUT2D eigenvalue weighted by atomic mass is 16.2. The van der Waals surface area contributed by atoms with Crippen LogP contribution in [-0.4, -0.2) is 12.5 Å². The van der Waals surface area contributed by atoms with E-state index in [9.17, 15) is 4.79 Å². The average molecular weight is 303 g/mol. The van der Waals surface area contributed by atoms with Crippen molar-refractivity contribution in [1.82, 2.24) is 5.32 Å². The maximum absolute atomic E-state index is 12.0. The van der Waals surface area contributed by atoms with Crippen molar-refractivity contribution in [3.8, 4) is 0 Å². The fourth-order valence-corrected chi connectivity index (χ4v) is 4.68. The van der Waals surface area contributed by atoms with Crippen molar-refractivity contribution in [3.05, 3.63) is 70.8 Å². The maximum atomic E-state index is 12.0. The molecule has 2 heteroatoms. The quantitative estimate of drug-likeness (QED) is 0.918. The van der Waals surface area contributed by atoms with Crippen molar-refractivity contribution in [2.45, 2.75) is 31.1 Å². The predicted octanol–water partition coefficient (Wildman–Crippen LogP) is 3.81. The SMILES string of the molecule is O=C(NCC1CC2c3ccccc3C1c1ccccc12)C1CC1. The van der Waals surface area contributed by atoms with Crippen molar-refractivity contribution in [3.63, 3.8) is 0 Å². The van der Waals surface area contributed by atoms with Crippen LogP contribution >= 0.6 is 0 Å². The lowest BCUT2D eigenvalue weighted by atomic mass is 9.59. The molecule has 2 bridgehead atoms. The monoisotopic (exact) mass is 303 g/mol. The molecule has 2 nitrogen and oxygen atoms in total. The van der Waals surface area contributed by atoms with Gasteiger partial charge in [0.1, 0.15) is 0 Å². The summed E-state index contributed by atoms with van der Waals surface area (Å²) in [5.41, 5.74) is 5.96. The number of hydrogen-bond acceptors (Lipinski definition) is 1. The van der Waals surface area contributed by atoms with Gasteiger partial charge in [-0.2, -0.15) is 0 Å². The highest BCUT2D eigenvalue weighted by Gasteiger charge is 2.43. The minimum Gasteiger partial charge on any atom is -0.356 e. The molecule has 116 valence electrons. The van der Waals surface area contributed by atoms with Crippen LogP contribution in [0.1, 0.15) is 53.4 Å². The lowest BCUT2D eigenvalue weighted by molar-refractivity contribution is -0.122. The zero-order valence-electron chi connectivity index (χ0n) is 13.2. The molecule has 0 saturated heterocycles. The number of hydrogen-bond donors (Lipinski definition) is 1. The maximum Gasteiger partial charge on any atom is 0.223 e. The fraction of sp³-hybridized carbons (Fsp3) is 0.381. The third-order valence-corrected chi connectivity index (χ3v) is 5.91. The zero-order chi connectivity index (χ0) is 15.4. The smallest absolute Gasteiger partial charge is 0.223 e. The molecule has 4 aliphatic carbocycles. The molecule has 1 N–H and O–H groups in total. The van der Waals surface area contributed by atoms with E-state index >= 15 is 0 Å². The number of rotatable bonds is 3. The van der Waals surface area contributed by atoms with Gasteiger partial charge in [0.05, 0.1) is 0 Å². The van der Waals surface area contributed by atoms with E-state index in [1.807, 2.05) is 0 Å². The topological polar surface area (TPSA) is 29.1 Å². The summed E-state index contributed by atoms with van der Waals surface area (Å²) in [4.78, 5) is 12.0. The van der Waals surface area contributed by atoms with Crippen LogP contribution in [0, 0.1) is 11.8 Å². The minimum atomic E-state index is 0.271. The van der Waals surface area contributed by atoms with E-state index in [2.05, 4.69) is 53.8 Å². The summed E-state index contributed by atoms with van der Waals surface area (Å²) in [5.74, 6) is 2.03. The van der Waals surface area contributed by atoms with Gasteiger partial charge in [0.25, 0.3) is 0 Å². The van der Waals surface area contributed by atoms with Crippen LogP contribution in [0.25, 0.3) is 0 Å². The van der Waals surface area contributed by atoms with E-state index in [1.165, 1.54) is 22.3 Å². The van der Waals surface area contributed by atoms with Gasteiger partial charge in [0.2, 0.25) is 5.91 Å². The predicted molar refractivity (Wildman–Crippen MR) is 90.4 cm³/mol. The first-order valence-electron chi connectivity index (χ1n) is 8.78. The Bertz CT molecular complexity index is 729. The summed E-state index contributed by atoms with van der Waals surface area (Å²) in [6.07, 6.45) is 3.31. The Hall–Kier alpha value is -2.09. The molecule has 0 aromatic heterocycles. The number of fused-ring (bicyclic) bond motifs is 1. The van der Waals surface area contributed by atoms with E-state index in [-0.39, 0.29) is 5.91 Å². The molecular weight excluding hydrogens is 282 g/mol. The van der Waals surface area contributed by atoms with Crippen LogP contribution < -0.4 is 5.32 Å². The first kappa shape index (κ1) is 13.4. The number of amides is 1. The van der Waals surface area contributed by atoms with Gasteiger partial charge in [-0.05, 0) is 47.4 Å². The number of carbonyl (C=O) groups excluding carboxylic acids is 1. The highest BCUT2D eigenvalue weighted by Crippen LogP contribution is 2.55. The molecule has 23 heavy (non-hydrogen) atoms. The van der Waals surface area contributed by atoms with Gasteiger partial charge in [-0.3, -0.25) is 4.79 Å². The minimum absolute atomic E-state index is 0.271. The van der Waals surface area contributed by atoms with Gasteiger partial charge in [-0.15, -0.1) is 0 Å². The number of nitrogens with one attached hydrogen (secondary N) is 1. The fourth-order valence-electron chi connectivity index (χ4n) is 4.68. The molecule has 0 heterocycles. The summed E-state index contributed by atoms with van der Waals surface area (Å²) in [7, 11) is 0. The molecule has 2 aromatic carbocycles. The molecule has 4 aliphatic rings. The molecule has 1 fully saturated rings.